The van der Waals surface area contributed by atoms with E-state index in [1.807, 2.05) is 27.7 Å². The van der Waals surface area contributed by atoms with Crippen LogP contribution in [0.1, 0.15) is 177 Å². The molecule has 0 unspecified atom stereocenters. The van der Waals surface area contributed by atoms with Crippen molar-refractivity contribution in [3.63, 3.8) is 0 Å². The van der Waals surface area contributed by atoms with Gasteiger partial charge in [-0.15, -0.1) is 0 Å². The van der Waals surface area contributed by atoms with E-state index < -0.39 is 57.1 Å². The number of carbonyl (C=O) groups is 4. The summed E-state index contributed by atoms with van der Waals surface area (Å²) in [5.41, 5.74) is -1.89. The molecule has 53 heavy (non-hydrogen) atoms. The molecule has 0 saturated heterocycles. The van der Waals surface area contributed by atoms with E-state index in [9.17, 15) is 34.2 Å². The Morgan fingerprint density at radius 2 is 1.00 bits per heavy atom. The first-order valence-electron chi connectivity index (χ1n) is 19.8. The predicted molar refractivity (Wildman–Crippen MR) is 206 cm³/mol. The Hall–Kier alpha value is -4.47. The zero-order valence-electron chi connectivity index (χ0n) is 32.1. The molecule has 0 aliphatic carbocycles. The number of benzene rings is 2. The number of Topliss-reactive ketones (excluding diaryl/α,β-unsaturated/α-hetero) is 2. The lowest BCUT2D eigenvalue weighted by molar-refractivity contribution is -0.135. The van der Waals surface area contributed by atoms with Gasteiger partial charge in [0.1, 0.15) is 28.0 Å². The van der Waals surface area contributed by atoms with Gasteiger partial charge in [-0.25, -0.2) is 0 Å². The van der Waals surface area contributed by atoms with E-state index in [-0.39, 0.29) is 53.9 Å². The lowest BCUT2D eigenvalue weighted by atomic mass is 9.92. The Bertz CT molecular complexity index is 1730. The van der Waals surface area contributed by atoms with Crippen molar-refractivity contribution < 1.29 is 43.3 Å². The van der Waals surface area contributed by atoms with Gasteiger partial charge < -0.3 is 24.1 Å². The normalized spacial score (nSPS) is 11.2. The number of hydrogen-bond acceptors (Lipinski definition) is 10. The highest BCUT2D eigenvalue weighted by Gasteiger charge is 2.34. The number of phenols is 2. The molecule has 0 aliphatic heterocycles. The van der Waals surface area contributed by atoms with Crippen LogP contribution in [0.5, 0.6) is 23.0 Å². The number of hydrogen-bond donors (Lipinski definition) is 2. The molecule has 10 nitrogen and oxygen atoms in total. The molecule has 3 aromatic rings. The highest BCUT2D eigenvalue weighted by atomic mass is 16.5. The fraction of sp³-hybridized carbons (Fsp3) is 0.558. The maximum atomic E-state index is 14.8. The smallest absolute Gasteiger partial charge is 0.311 e. The summed E-state index contributed by atoms with van der Waals surface area (Å²) in [6, 6.07) is 5.63. The van der Waals surface area contributed by atoms with Crippen LogP contribution < -0.4 is 14.9 Å². The fourth-order valence-corrected chi connectivity index (χ4v) is 6.28. The van der Waals surface area contributed by atoms with E-state index in [0.717, 1.165) is 77.0 Å². The molecule has 1 aromatic heterocycles. The van der Waals surface area contributed by atoms with Crippen LogP contribution >= 0.6 is 0 Å². The van der Waals surface area contributed by atoms with Gasteiger partial charge in [-0.2, -0.15) is 0 Å². The largest absolute Gasteiger partial charge is 0.508 e. The number of ether oxygens (including phenoxy) is 2. The first-order chi connectivity index (χ1) is 25.6. The van der Waals surface area contributed by atoms with Crippen molar-refractivity contribution in [3.05, 3.63) is 45.6 Å². The minimum absolute atomic E-state index is 0.00387. The standard InChI is InChI=1S/C43H58O10/c1-5-9-13-17-21-31(45)35-38(49)36(32(46)22-18-14-10-6-2)42-37(41(35)51-33(47)23-19-15-11-7-3)39(50)43(52-34(48)24-20-16-12-8-4)40(53-42)29-25-27-30(44)28-26-29/h25-28,44,49H,5-24H2,1-4H3. The van der Waals surface area contributed by atoms with Crippen LogP contribution in [0, 0.1) is 0 Å². The summed E-state index contributed by atoms with van der Waals surface area (Å²) in [5, 5.41) is 21.5. The van der Waals surface area contributed by atoms with Gasteiger partial charge in [-0.1, -0.05) is 105 Å². The highest BCUT2D eigenvalue weighted by molar-refractivity contribution is 6.17. The van der Waals surface area contributed by atoms with Crippen LogP contribution in [0.15, 0.2) is 33.5 Å². The summed E-state index contributed by atoms with van der Waals surface area (Å²) in [6.07, 6.45) is 12.4. The van der Waals surface area contributed by atoms with E-state index in [1.165, 1.54) is 24.3 Å². The van der Waals surface area contributed by atoms with Crippen molar-refractivity contribution in [2.75, 3.05) is 0 Å². The van der Waals surface area contributed by atoms with Gasteiger partial charge in [0.25, 0.3) is 0 Å². The van der Waals surface area contributed by atoms with Crippen molar-refractivity contribution in [1.29, 1.82) is 0 Å². The molecular formula is C43H58O10. The molecule has 10 heteroatoms. The number of ketones is 2. The lowest BCUT2D eigenvalue weighted by Crippen LogP contribution is -2.20. The summed E-state index contributed by atoms with van der Waals surface area (Å²) in [5.74, 6) is -4.59. The van der Waals surface area contributed by atoms with E-state index in [0.29, 0.717) is 25.7 Å². The number of carbonyl (C=O) groups excluding carboxylic acids is 4. The fourth-order valence-electron chi connectivity index (χ4n) is 6.28. The van der Waals surface area contributed by atoms with Crippen molar-refractivity contribution >= 4 is 34.5 Å². The molecule has 0 fully saturated rings. The van der Waals surface area contributed by atoms with Crippen LogP contribution in [0.2, 0.25) is 0 Å². The highest BCUT2D eigenvalue weighted by Crippen LogP contribution is 2.44. The number of phenolic OH excluding ortho intramolecular Hbond substituents is 2. The molecule has 1 heterocycles. The molecular weight excluding hydrogens is 676 g/mol. The molecule has 0 amide bonds. The second kappa shape index (κ2) is 22.6. The number of fused-ring (bicyclic) bond motifs is 1. The topological polar surface area (TPSA) is 157 Å². The van der Waals surface area contributed by atoms with Gasteiger partial charge in [0, 0.05) is 31.2 Å². The van der Waals surface area contributed by atoms with Gasteiger partial charge in [0.15, 0.2) is 28.7 Å². The van der Waals surface area contributed by atoms with Crippen molar-refractivity contribution in [1.82, 2.24) is 0 Å². The van der Waals surface area contributed by atoms with Crippen molar-refractivity contribution in [2.45, 2.75) is 156 Å². The first-order valence-corrected chi connectivity index (χ1v) is 19.8. The predicted octanol–water partition coefficient (Wildman–Crippen LogP) is 10.9. The van der Waals surface area contributed by atoms with Crippen molar-refractivity contribution in [2.24, 2.45) is 0 Å². The van der Waals surface area contributed by atoms with E-state index >= 15 is 0 Å². The van der Waals surface area contributed by atoms with Gasteiger partial charge in [-0.05, 0) is 49.9 Å². The molecule has 3 rings (SSSR count). The molecule has 0 aliphatic rings. The van der Waals surface area contributed by atoms with Crippen molar-refractivity contribution in [3.8, 4) is 34.3 Å². The average molecular weight is 735 g/mol. The molecule has 2 aromatic carbocycles. The molecule has 0 radical (unpaired) electrons. The molecule has 0 saturated carbocycles. The number of unbranched alkanes of at least 4 members (excludes halogenated alkanes) is 12. The van der Waals surface area contributed by atoms with E-state index in [1.54, 1.807) is 0 Å². The third-order valence-corrected chi connectivity index (χ3v) is 9.33. The summed E-state index contributed by atoms with van der Waals surface area (Å²) in [4.78, 5) is 69.4. The monoisotopic (exact) mass is 734 g/mol. The van der Waals surface area contributed by atoms with E-state index in [4.69, 9.17) is 13.9 Å². The Balaban J connectivity index is 2.40. The van der Waals surface area contributed by atoms with Gasteiger partial charge in [-0.3, -0.25) is 24.0 Å². The maximum Gasteiger partial charge on any atom is 0.311 e. The second-order valence-electron chi connectivity index (χ2n) is 13.8. The van der Waals surface area contributed by atoms with Crippen LogP contribution in [0.3, 0.4) is 0 Å². The van der Waals surface area contributed by atoms with Gasteiger partial charge >= 0.3 is 11.9 Å². The van der Waals surface area contributed by atoms with Gasteiger partial charge in [0.05, 0.1) is 0 Å². The lowest BCUT2D eigenvalue weighted by Gasteiger charge is -2.19. The van der Waals surface area contributed by atoms with E-state index in [2.05, 4.69) is 0 Å². The molecule has 290 valence electrons. The average Bonchev–Trinajstić information content (AvgIpc) is 3.13. The minimum Gasteiger partial charge on any atom is -0.508 e. The Morgan fingerprint density at radius 3 is 1.47 bits per heavy atom. The minimum atomic E-state index is -0.940. The van der Waals surface area contributed by atoms with Crippen LogP contribution in [-0.2, 0) is 9.59 Å². The first kappa shape index (κ1) is 42.9. The zero-order chi connectivity index (χ0) is 38.8. The Morgan fingerprint density at radius 1 is 0.566 bits per heavy atom. The third-order valence-electron chi connectivity index (χ3n) is 9.33. The number of esters is 2. The van der Waals surface area contributed by atoms with Crippen LogP contribution in [0.4, 0.5) is 0 Å². The SMILES string of the molecule is CCCCCCC(=O)Oc1c(-c2ccc(O)cc2)oc2c(C(=O)CCCCCC)c(O)c(C(=O)CCCCCC)c(OC(=O)CCCCCC)c2c1=O. The maximum absolute atomic E-state index is 14.8. The molecule has 2 N–H and O–H groups in total. The molecule has 0 bridgehead atoms. The summed E-state index contributed by atoms with van der Waals surface area (Å²) >= 11 is 0. The summed E-state index contributed by atoms with van der Waals surface area (Å²) < 4.78 is 17.9. The summed E-state index contributed by atoms with van der Waals surface area (Å²) in [6.45, 7) is 8.16. The zero-order valence-corrected chi connectivity index (χ0v) is 32.1. The molecule has 0 atom stereocenters. The molecule has 0 spiro atoms. The van der Waals surface area contributed by atoms with Crippen LogP contribution in [0.25, 0.3) is 22.3 Å². The Labute approximate surface area is 313 Å². The summed E-state index contributed by atoms with van der Waals surface area (Å²) in [7, 11) is 0. The number of aromatic hydroxyl groups is 2. The van der Waals surface area contributed by atoms with Gasteiger partial charge in [0.2, 0.25) is 11.2 Å². The second-order valence-corrected chi connectivity index (χ2v) is 13.8. The Kier molecular flexibility index (Phi) is 18.3. The third kappa shape index (κ3) is 12.3. The number of rotatable bonds is 25. The quantitative estimate of drug-likeness (QED) is 0.0371. The van der Waals surface area contributed by atoms with Crippen LogP contribution in [-0.4, -0.2) is 33.7 Å².